The van der Waals surface area contributed by atoms with E-state index in [1.807, 2.05) is 0 Å². The molecule has 0 spiro atoms. The molecule has 8 heteroatoms. The number of nitrogen functional groups attached to an aromatic ring is 1. The van der Waals surface area contributed by atoms with Gasteiger partial charge in [0.1, 0.15) is 4.90 Å². The number of rotatable bonds is 4. The minimum absolute atomic E-state index is 0.0271. The Morgan fingerprint density at radius 3 is 2.84 bits per heavy atom. The summed E-state index contributed by atoms with van der Waals surface area (Å²) in [5.41, 5.74) is 7.55. The van der Waals surface area contributed by atoms with Crippen molar-refractivity contribution in [3.8, 4) is 0 Å². The molecule has 1 aromatic carbocycles. The summed E-state index contributed by atoms with van der Waals surface area (Å²) < 4.78 is 26.7. The molecule has 0 amide bonds. The molecular weight excluding hydrogens is 288 g/mol. The molecule has 0 radical (unpaired) electrons. The van der Waals surface area contributed by atoms with Crippen LogP contribution in [0, 0.1) is 6.92 Å². The summed E-state index contributed by atoms with van der Waals surface area (Å²) in [4.78, 5) is -0.0271. The van der Waals surface area contributed by atoms with Crippen molar-refractivity contribution >= 4 is 27.3 Å². The number of hydrogen-bond donors (Lipinski definition) is 3. The van der Waals surface area contributed by atoms with Crippen molar-refractivity contribution in [3.63, 3.8) is 0 Å². The molecular formula is C11H13ClN4O2S. The van der Waals surface area contributed by atoms with Crippen molar-refractivity contribution in [1.29, 1.82) is 0 Å². The molecule has 0 aliphatic rings. The maximum Gasteiger partial charge on any atom is 0.242 e. The number of nitrogens with zero attached hydrogens (tertiary/aromatic N) is 1. The van der Waals surface area contributed by atoms with Gasteiger partial charge in [-0.3, -0.25) is 5.10 Å². The van der Waals surface area contributed by atoms with E-state index >= 15 is 0 Å². The fourth-order valence-electron chi connectivity index (χ4n) is 1.50. The maximum absolute atomic E-state index is 12.1. The zero-order valence-electron chi connectivity index (χ0n) is 10.1. The first kappa shape index (κ1) is 13.9. The highest BCUT2D eigenvalue weighted by molar-refractivity contribution is 7.89. The third-order valence-electron chi connectivity index (χ3n) is 2.63. The average Bonchev–Trinajstić information content (AvgIpc) is 2.84. The van der Waals surface area contributed by atoms with Crippen molar-refractivity contribution in [2.75, 3.05) is 5.73 Å². The number of sulfonamides is 1. The highest BCUT2D eigenvalue weighted by atomic mass is 35.5. The van der Waals surface area contributed by atoms with Crippen molar-refractivity contribution in [1.82, 2.24) is 14.9 Å². The van der Waals surface area contributed by atoms with E-state index in [9.17, 15) is 8.42 Å². The molecule has 0 saturated heterocycles. The van der Waals surface area contributed by atoms with E-state index in [0.717, 1.165) is 11.1 Å². The number of nitrogens with one attached hydrogen (secondary N) is 2. The Bertz CT molecular complexity index is 683. The molecule has 6 nitrogen and oxygen atoms in total. The van der Waals surface area contributed by atoms with Crippen molar-refractivity contribution < 1.29 is 8.42 Å². The normalized spacial score (nSPS) is 11.7. The number of hydrogen-bond acceptors (Lipinski definition) is 4. The van der Waals surface area contributed by atoms with Crippen LogP contribution < -0.4 is 10.5 Å². The average molecular weight is 301 g/mol. The lowest BCUT2D eigenvalue weighted by Gasteiger charge is -2.10. The van der Waals surface area contributed by atoms with Gasteiger partial charge in [0.2, 0.25) is 10.0 Å². The third kappa shape index (κ3) is 3.06. The molecule has 1 heterocycles. The Balaban J connectivity index is 2.27. The van der Waals surface area contributed by atoms with Crippen LogP contribution in [0.5, 0.6) is 0 Å². The van der Waals surface area contributed by atoms with Crippen LogP contribution in [-0.4, -0.2) is 18.6 Å². The second-order valence-electron chi connectivity index (χ2n) is 4.07. The summed E-state index contributed by atoms with van der Waals surface area (Å²) in [5.74, 6) is 0. The van der Waals surface area contributed by atoms with Gasteiger partial charge >= 0.3 is 0 Å². The standard InChI is InChI=1S/C11H13ClN4O2S/c1-7-2-9(12)11(3-10(7)13)19(17,18)16-6-8-4-14-15-5-8/h2-5,16H,6,13H2,1H3,(H,14,15). The van der Waals surface area contributed by atoms with Gasteiger partial charge in [0, 0.05) is 24.0 Å². The van der Waals surface area contributed by atoms with E-state index in [4.69, 9.17) is 17.3 Å². The fraction of sp³-hybridized carbons (Fsp3) is 0.182. The largest absolute Gasteiger partial charge is 0.398 e. The summed E-state index contributed by atoms with van der Waals surface area (Å²) in [5, 5.41) is 6.48. The number of nitrogens with two attached hydrogens (primary N) is 1. The molecule has 0 unspecified atom stereocenters. The lowest BCUT2D eigenvalue weighted by atomic mass is 10.2. The van der Waals surface area contributed by atoms with Gasteiger partial charge in [0.05, 0.1) is 11.2 Å². The Hall–Kier alpha value is -1.57. The van der Waals surface area contributed by atoms with Crippen LogP contribution in [0.25, 0.3) is 0 Å². The molecule has 1 aromatic heterocycles. The number of H-pyrrole nitrogens is 1. The molecule has 2 rings (SSSR count). The van der Waals surface area contributed by atoms with Crippen LogP contribution in [0.1, 0.15) is 11.1 Å². The van der Waals surface area contributed by atoms with Crippen molar-refractivity contribution in [3.05, 3.63) is 40.7 Å². The van der Waals surface area contributed by atoms with Crippen LogP contribution in [-0.2, 0) is 16.6 Å². The van der Waals surface area contributed by atoms with Gasteiger partial charge in [0.15, 0.2) is 0 Å². The second-order valence-corrected chi connectivity index (χ2v) is 6.21. The van der Waals surface area contributed by atoms with Gasteiger partial charge in [-0.1, -0.05) is 11.6 Å². The van der Waals surface area contributed by atoms with Crippen molar-refractivity contribution in [2.45, 2.75) is 18.4 Å². The predicted molar refractivity (Wildman–Crippen MR) is 73.2 cm³/mol. The lowest BCUT2D eigenvalue weighted by molar-refractivity contribution is 0.581. The molecule has 102 valence electrons. The molecule has 0 fully saturated rings. The second kappa shape index (κ2) is 5.20. The molecule has 0 atom stereocenters. The number of benzene rings is 1. The molecule has 4 N–H and O–H groups in total. The van der Waals surface area contributed by atoms with E-state index in [1.54, 1.807) is 13.1 Å². The topological polar surface area (TPSA) is 101 Å². The summed E-state index contributed by atoms with van der Waals surface area (Å²) in [6.07, 6.45) is 3.14. The molecule has 0 bridgehead atoms. The van der Waals surface area contributed by atoms with E-state index in [1.165, 1.54) is 18.3 Å². The van der Waals surface area contributed by atoms with Gasteiger partial charge in [-0.2, -0.15) is 5.10 Å². The Morgan fingerprint density at radius 1 is 1.47 bits per heavy atom. The Kier molecular flexibility index (Phi) is 3.79. The smallest absolute Gasteiger partial charge is 0.242 e. The lowest BCUT2D eigenvalue weighted by Crippen LogP contribution is -2.23. The van der Waals surface area contributed by atoms with Gasteiger partial charge < -0.3 is 5.73 Å². The van der Waals surface area contributed by atoms with Crippen molar-refractivity contribution in [2.24, 2.45) is 0 Å². The van der Waals surface area contributed by atoms with Crippen LogP contribution in [0.3, 0.4) is 0 Å². The zero-order chi connectivity index (χ0) is 14.0. The van der Waals surface area contributed by atoms with E-state index < -0.39 is 10.0 Å². The minimum atomic E-state index is -3.71. The molecule has 0 aliphatic carbocycles. The molecule has 0 aliphatic heterocycles. The fourth-order valence-corrected chi connectivity index (χ4v) is 3.14. The first-order chi connectivity index (χ1) is 8.90. The van der Waals surface area contributed by atoms with Crippen LogP contribution >= 0.6 is 11.6 Å². The number of aromatic amines is 1. The number of halogens is 1. The van der Waals surface area contributed by atoms with Gasteiger partial charge in [-0.15, -0.1) is 0 Å². The Morgan fingerprint density at radius 2 is 2.21 bits per heavy atom. The third-order valence-corrected chi connectivity index (χ3v) is 4.50. The number of anilines is 1. The quantitative estimate of drug-likeness (QED) is 0.744. The monoisotopic (exact) mass is 300 g/mol. The van der Waals surface area contributed by atoms with Crippen LogP contribution in [0.2, 0.25) is 5.02 Å². The number of aromatic nitrogens is 2. The summed E-state index contributed by atoms with van der Waals surface area (Å²) in [6.45, 7) is 1.89. The van der Waals surface area contributed by atoms with E-state index in [2.05, 4.69) is 14.9 Å². The maximum atomic E-state index is 12.1. The Labute approximate surface area is 116 Å². The SMILES string of the molecule is Cc1cc(Cl)c(S(=O)(=O)NCc2cn[nH]c2)cc1N. The predicted octanol–water partition coefficient (Wildman–Crippen LogP) is 1.43. The molecule has 19 heavy (non-hydrogen) atoms. The van der Waals surface area contributed by atoms with E-state index in [-0.39, 0.29) is 16.5 Å². The van der Waals surface area contributed by atoms with Crippen LogP contribution in [0.4, 0.5) is 5.69 Å². The molecule has 2 aromatic rings. The highest BCUT2D eigenvalue weighted by Gasteiger charge is 2.19. The van der Waals surface area contributed by atoms with E-state index in [0.29, 0.717) is 5.69 Å². The first-order valence-corrected chi connectivity index (χ1v) is 7.29. The van der Waals surface area contributed by atoms with Gasteiger partial charge in [0.25, 0.3) is 0 Å². The summed E-state index contributed by atoms with van der Waals surface area (Å²) in [7, 11) is -3.71. The summed E-state index contributed by atoms with van der Waals surface area (Å²) in [6, 6.07) is 2.89. The minimum Gasteiger partial charge on any atom is -0.398 e. The summed E-state index contributed by atoms with van der Waals surface area (Å²) >= 11 is 5.95. The van der Waals surface area contributed by atoms with Crippen LogP contribution in [0.15, 0.2) is 29.4 Å². The zero-order valence-corrected chi connectivity index (χ0v) is 11.7. The molecule has 0 saturated carbocycles. The first-order valence-electron chi connectivity index (χ1n) is 5.43. The number of aryl methyl sites for hydroxylation is 1. The van der Waals surface area contributed by atoms with Gasteiger partial charge in [-0.25, -0.2) is 13.1 Å². The highest BCUT2D eigenvalue weighted by Crippen LogP contribution is 2.26. The van der Waals surface area contributed by atoms with Gasteiger partial charge in [-0.05, 0) is 24.6 Å².